The molecule has 0 radical (unpaired) electrons. The average Bonchev–Trinajstić information content (AvgIpc) is 3.58. The lowest BCUT2D eigenvalue weighted by molar-refractivity contribution is -0.129. The standard InChI is InChI=1S/C29H36N10O3S/c1-37(2)28(40)14-19-4-6-21(7-5-19)33-25-15-27(31-17-23(25)24-11-13-38(3)36-24)34-26-10-12-30-29(35-26)20-16-32-39(18-20)43(41,42)22-8-9-22/h10-13,15-19,21-22H,4-9,14H2,1-3H3,(H2,30,31,33,34,35). The lowest BCUT2D eigenvalue weighted by Gasteiger charge is -2.30. The van der Waals surface area contributed by atoms with E-state index in [2.05, 4.69) is 35.8 Å². The maximum atomic E-state index is 12.5. The topological polar surface area (TPSA) is 153 Å². The predicted molar refractivity (Wildman–Crippen MR) is 163 cm³/mol. The molecule has 6 rings (SSSR count). The lowest BCUT2D eigenvalue weighted by Crippen LogP contribution is -2.30. The molecule has 4 aromatic rings. The van der Waals surface area contributed by atoms with E-state index in [1.165, 1.54) is 12.4 Å². The van der Waals surface area contributed by atoms with Crippen LogP contribution in [-0.2, 0) is 21.9 Å². The summed E-state index contributed by atoms with van der Waals surface area (Å²) in [6.45, 7) is 0. The molecule has 1 amide bonds. The monoisotopic (exact) mass is 604 g/mol. The van der Waals surface area contributed by atoms with Gasteiger partial charge in [0.05, 0.1) is 28.9 Å². The molecule has 14 heteroatoms. The van der Waals surface area contributed by atoms with E-state index < -0.39 is 10.0 Å². The van der Waals surface area contributed by atoms with Crippen LogP contribution in [0.4, 0.5) is 17.3 Å². The Bertz CT molecular complexity index is 1720. The van der Waals surface area contributed by atoms with Gasteiger partial charge in [0.25, 0.3) is 10.0 Å². The van der Waals surface area contributed by atoms with Gasteiger partial charge in [-0.25, -0.2) is 23.4 Å². The van der Waals surface area contributed by atoms with E-state index in [1.54, 1.807) is 28.0 Å². The van der Waals surface area contributed by atoms with Crippen molar-refractivity contribution in [2.24, 2.45) is 13.0 Å². The van der Waals surface area contributed by atoms with Crippen molar-refractivity contribution in [1.82, 2.24) is 38.8 Å². The number of hydrogen-bond acceptors (Lipinski definition) is 10. The van der Waals surface area contributed by atoms with Gasteiger partial charge in [-0.2, -0.15) is 14.3 Å². The highest BCUT2D eigenvalue weighted by Gasteiger charge is 2.37. The third-order valence-electron chi connectivity index (χ3n) is 8.00. The van der Waals surface area contributed by atoms with E-state index in [4.69, 9.17) is 0 Å². The van der Waals surface area contributed by atoms with Crippen molar-refractivity contribution in [2.45, 2.75) is 56.2 Å². The maximum Gasteiger partial charge on any atom is 0.256 e. The number of aryl methyl sites for hydroxylation is 1. The van der Waals surface area contributed by atoms with Crippen LogP contribution in [0.5, 0.6) is 0 Å². The number of anilines is 3. The van der Waals surface area contributed by atoms with E-state index >= 15 is 0 Å². The Labute approximate surface area is 250 Å². The Morgan fingerprint density at radius 3 is 2.53 bits per heavy atom. The molecule has 0 saturated heterocycles. The van der Waals surface area contributed by atoms with Gasteiger partial charge < -0.3 is 15.5 Å². The van der Waals surface area contributed by atoms with E-state index in [1.807, 2.05) is 39.5 Å². The van der Waals surface area contributed by atoms with Crippen molar-refractivity contribution in [2.75, 3.05) is 24.7 Å². The molecule has 43 heavy (non-hydrogen) atoms. The van der Waals surface area contributed by atoms with Crippen LogP contribution in [0.15, 0.2) is 49.2 Å². The molecule has 0 unspecified atom stereocenters. The van der Waals surface area contributed by atoms with Crippen LogP contribution >= 0.6 is 0 Å². The van der Waals surface area contributed by atoms with Crippen LogP contribution in [0.3, 0.4) is 0 Å². The van der Waals surface area contributed by atoms with Crippen molar-refractivity contribution >= 4 is 33.3 Å². The number of amides is 1. The summed E-state index contributed by atoms with van der Waals surface area (Å²) < 4.78 is 27.9. The number of nitrogens with zero attached hydrogens (tertiary/aromatic N) is 8. The number of nitrogens with one attached hydrogen (secondary N) is 2. The summed E-state index contributed by atoms with van der Waals surface area (Å²) in [6, 6.07) is 5.90. The number of aromatic nitrogens is 7. The van der Waals surface area contributed by atoms with Crippen LogP contribution in [0.25, 0.3) is 22.6 Å². The zero-order valence-corrected chi connectivity index (χ0v) is 25.3. The smallest absolute Gasteiger partial charge is 0.256 e. The predicted octanol–water partition coefficient (Wildman–Crippen LogP) is 3.67. The first-order valence-corrected chi connectivity index (χ1v) is 16.0. The first kappa shape index (κ1) is 28.8. The molecule has 0 bridgehead atoms. The summed E-state index contributed by atoms with van der Waals surface area (Å²) in [5.74, 6) is 2.05. The van der Waals surface area contributed by atoms with Crippen LogP contribution in [0.2, 0.25) is 0 Å². The molecule has 2 N–H and O–H groups in total. The van der Waals surface area contributed by atoms with Gasteiger partial charge in [-0.3, -0.25) is 9.48 Å². The van der Waals surface area contributed by atoms with E-state index in [0.717, 1.165) is 46.7 Å². The van der Waals surface area contributed by atoms with E-state index in [-0.39, 0.29) is 17.2 Å². The van der Waals surface area contributed by atoms with Crippen LogP contribution < -0.4 is 10.6 Å². The largest absolute Gasteiger partial charge is 0.382 e. The summed E-state index contributed by atoms with van der Waals surface area (Å²) in [7, 11) is 2.03. The number of rotatable bonds is 10. The first-order valence-electron chi connectivity index (χ1n) is 14.5. The fraction of sp³-hybridized carbons (Fsp3) is 0.448. The lowest BCUT2D eigenvalue weighted by atomic mass is 9.83. The highest BCUT2D eigenvalue weighted by atomic mass is 32.2. The highest BCUT2D eigenvalue weighted by Crippen LogP contribution is 2.34. The molecule has 13 nitrogen and oxygen atoms in total. The summed E-state index contributed by atoms with van der Waals surface area (Å²) in [5, 5.41) is 15.3. The zero-order chi connectivity index (χ0) is 30.1. The Hall–Kier alpha value is -4.33. The molecule has 4 heterocycles. The fourth-order valence-corrected chi connectivity index (χ4v) is 6.82. The zero-order valence-electron chi connectivity index (χ0n) is 24.5. The fourth-order valence-electron chi connectivity index (χ4n) is 5.34. The van der Waals surface area contributed by atoms with Crippen LogP contribution in [0, 0.1) is 5.92 Å². The molecule has 2 aliphatic carbocycles. The number of carbonyl (C=O) groups is 1. The van der Waals surface area contributed by atoms with Crippen LogP contribution in [0.1, 0.15) is 44.9 Å². The van der Waals surface area contributed by atoms with Crippen molar-refractivity contribution in [3.05, 3.63) is 49.2 Å². The second-order valence-electron chi connectivity index (χ2n) is 11.6. The van der Waals surface area contributed by atoms with Crippen LogP contribution in [-0.4, -0.2) is 78.5 Å². The van der Waals surface area contributed by atoms with Gasteiger partial charge >= 0.3 is 0 Å². The molecule has 226 valence electrons. The van der Waals surface area contributed by atoms with Gasteiger partial charge in [0.1, 0.15) is 11.6 Å². The average molecular weight is 605 g/mol. The minimum atomic E-state index is -3.47. The minimum Gasteiger partial charge on any atom is -0.382 e. The molecule has 0 aliphatic heterocycles. The van der Waals surface area contributed by atoms with E-state index in [0.29, 0.717) is 48.2 Å². The van der Waals surface area contributed by atoms with Crippen molar-refractivity contribution in [3.63, 3.8) is 0 Å². The van der Waals surface area contributed by atoms with Crippen molar-refractivity contribution in [1.29, 1.82) is 0 Å². The number of pyridine rings is 1. The molecule has 2 fully saturated rings. The van der Waals surface area contributed by atoms with Gasteiger partial charge in [-0.15, -0.1) is 0 Å². The molecule has 4 aromatic heterocycles. The summed E-state index contributed by atoms with van der Waals surface area (Å²) in [6.07, 6.45) is 14.1. The van der Waals surface area contributed by atoms with Gasteiger partial charge in [0, 0.05) is 69.5 Å². The highest BCUT2D eigenvalue weighted by molar-refractivity contribution is 7.90. The Morgan fingerprint density at radius 2 is 1.84 bits per heavy atom. The Balaban J connectivity index is 1.19. The van der Waals surface area contributed by atoms with Crippen molar-refractivity contribution < 1.29 is 13.2 Å². The first-order chi connectivity index (χ1) is 20.7. The van der Waals surface area contributed by atoms with Gasteiger partial charge in [-0.1, -0.05) is 0 Å². The molecule has 0 aromatic carbocycles. The molecule has 2 saturated carbocycles. The third kappa shape index (κ3) is 6.53. The van der Waals surface area contributed by atoms with E-state index in [9.17, 15) is 13.2 Å². The second kappa shape index (κ2) is 11.7. The molecule has 2 aliphatic rings. The molecular formula is C29H36N10O3S. The summed E-state index contributed by atoms with van der Waals surface area (Å²) in [5.41, 5.74) is 3.13. The molecule has 0 spiro atoms. The summed E-state index contributed by atoms with van der Waals surface area (Å²) in [4.78, 5) is 27.4. The third-order valence-corrected chi connectivity index (χ3v) is 10.0. The minimum absolute atomic E-state index is 0.184. The number of carbonyl (C=O) groups excluding carboxylic acids is 1. The maximum absolute atomic E-state index is 12.5. The van der Waals surface area contributed by atoms with Gasteiger partial charge in [0.2, 0.25) is 5.91 Å². The normalized spacial score (nSPS) is 18.8. The van der Waals surface area contributed by atoms with Crippen molar-refractivity contribution in [3.8, 4) is 22.6 Å². The SMILES string of the molecule is CN(C)C(=O)CC1CCC(Nc2cc(Nc3ccnc(-c4cnn(S(=O)(=O)C5CC5)c4)n3)ncc2-c2ccn(C)n2)CC1. The summed E-state index contributed by atoms with van der Waals surface area (Å²) >= 11 is 0. The second-order valence-corrected chi connectivity index (χ2v) is 13.7. The number of hydrogen-bond donors (Lipinski definition) is 2. The van der Waals surface area contributed by atoms with Gasteiger partial charge in [-0.05, 0) is 56.6 Å². The quantitative estimate of drug-likeness (QED) is 0.274. The molecule has 0 atom stereocenters. The molecular weight excluding hydrogens is 568 g/mol. The Morgan fingerprint density at radius 1 is 1.05 bits per heavy atom. The van der Waals surface area contributed by atoms with Gasteiger partial charge in [0.15, 0.2) is 5.82 Å². The Kier molecular flexibility index (Phi) is 7.86.